The molecule has 7 heteroatoms. The topological polar surface area (TPSA) is 75.8 Å². The van der Waals surface area contributed by atoms with E-state index in [0.717, 1.165) is 61.9 Å². The van der Waals surface area contributed by atoms with Crippen molar-refractivity contribution in [2.24, 2.45) is 10.9 Å². The van der Waals surface area contributed by atoms with Gasteiger partial charge in [0, 0.05) is 51.7 Å². The molecule has 2 heterocycles. The van der Waals surface area contributed by atoms with E-state index in [4.69, 9.17) is 9.26 Å². The van der Waals surface area contributed by atoms with E-state index in [2.05, 4.69) is 44.4 Å². The number of hydrogen-bond donors (Lipinski definition) is 1. The standard InChI is InChI=1S/C20H29N5O2/c1-4-6-18-23-19(27-24-18)17-8-5-7-15(11-17)12-22-20(21-2)25-10-9-16(13-25)14-26-3/h5,7-8,11,16H,4,6,9-10,12-14H2,1-3H3,(H,21,22). The third-order valence-electron chi connectivity index (χ3n) is 4.77. The molecule has 2 aromatic rings. The summed E-state index contributed by atoms with van der Waals surface area (Å²) in [6, 6.07) is 8.19. The van der Waals surface area contributed by atoms with Gasteiger partial charge in [-0.2, -0.15) is 4.98 Å². The van der Waals surface area contributed by atoms with Crippen LogP contribution in [0.5, 0.6) is 0 Å². The minimum atomic E-state index is 0.576. The first-order chi connectivity index (χ1) is 13.2. The van der Waals surface area contributed by atoms with E-state index in [1.807, 2.05) is 19.2 Å². The number of rotatable bonds is 7. The molecule has 0 aliphatic carbocycles. The van der Waals surface area contributed by atoms with Crippen molar-refractivity contribution in [3.8, 4) is 11.5 Å². The van der Waals surface area contributed by atoms with Crippen LogP contribution in [-0.2, 0) is 17.7 Å². The third-order valence-corrected chi connectivity index (χ3v) is 4.77. The second-order valence-corrected chi connectivity index (χ2v) is 6.92. The van der Waals surface area contributed by atoms with Gasteiger partial charge in [-0.15, -0.1) is 0 Å². The lowest BCUT2D eigenvalue weighted by Gasteiger charge is -2.21. The van der Waals surface area contributed by atoms with Crippen LogP contribution >= 0.6 is 0 Å². The van der Waals surface area contributed by atoms with Crippen molar-refractivity contribution in [2.45, 2.75) is 32.7 Å². The summed E-state index contributed by atoms with van der Waals surface area (Å²) >= 11 is 0. The molecule has 1 atom stereocenters. The summed E-state index contributed by atoms with van der Waals surface area (Å²) in [5.74, 6) is 2.84. The van der Waals surface area contributed by atoms with Crippen LogP contribution in [-0.4, -0.2) is 54.9 Å². The lowest BCUT2D eigenvalue weighted by Crippen LogP contribution is -2.39. The monoisotopic (exact) mass is 371 g/mol. The molecule has 1 aromatic carbocycles. The lowest BCUT2D eigenvalue weighted by molar-refractivity contribution is 0.157. The first kappa shape index (κ1) is 19.4. The summed E-state index contributed by atoms with van der Waals surface area (Å²) in [4.78, 5) is 11.2. The van der Waals surface area contributed by atoms with Crippen molar-refractivity contribution in [1.82, 2.24) is 20.4 Å². The van der Waals surface area contributed by atoms with Gasteiger partial charge in [-0.25, -0.2) is 0 Å². The Hall–Kier alpha value is -2.41. The Bertz CT molecular complexity index is 758. The summed E-state index contributed by atoms with van der Waals surface area (Å²) in [5.41, 5.74) is 2.09. The Morgan fingerprint density at radius 2 is 2.33 bits per heavy atom. The Morgan fingerprint density at radius 3 is 3.11 bits per heavy atom. The zero-order valence-corrected chi connectivity index (χ0v) is 16.4. The van der Waals surface area contributed by atoms with Gasteiger partial charge < -0.3 is 19.5 Å². The van der Waals surface area contributed by atoms with Crippen LogP contribution in [0.3, 0.4) is 0 Å². The highest BCUT2D eigenvalue weighted by Gasteiger charge is 2.24. The summed E-state index contributed by atoms with van der Waals surface area (Å²) in [6.45, 7) is 5.60. The molecule has 0 amide bonds. The fourth-order valence-electron chi connectivity index (χ4n) is 3.42. The van der Waals surface area contributed by atoms with Gasteiger partial charge in [-0.1, -0.05) is 24.2 Å². The average Bonchev–Trinajstić information content (AvgIpc) is 3.33. The lowest BCUT2D eigenvalue weighted by atomic mass is 10.1. The molecule has 0 radical (unpaired) electrons. The number of nitrogens with zero attached hydrogens (tertiary/aromatic N) is 4. The van der Waals surface area contributed by atoms with Gasteiger partial charge in [0.05, 0.1) is 6.61 Å². The molecule has 1 aromatic heterocycles. The smallest absolute Gasteiger partial charge is 0.257 e. The molecule has 1 saturated heterocycles. The molecule has 1 fully saturated rings. The van der Waals surface area contributed by atoms with E-state index >= 15 is 0 Å². The molecule has 0 saturated carbocycles. The molecule has 27 heavy (non-hydrogen) atoms. The van der Waals surface area contributed by atoms with Crippen molar-refractivity contribution < 1.29 is 9.26 Å². The SMILES string of the molecule is CCCc1noc(-c2cccc(CNC(=NC)N3CCC(COC)C3)c2)n1. The van der Waals surface area contributed by atoms with Gasteiger partial charge in [0.15, 0.2) is 11.8 Å². The number of likely N-dealkylation sites (tertiary alicyclic amines) is 1. The van der Waals surface area contributed by atoms with E-state index in [1.54, 1.807) is 7.11 Å². The predicted molar refractivity (Wildman–Crippen MR) is 105 cm³/mol. The zero-order chi connectivity index (χ0) is 19.1. The number of nitrogens with one attached hydrogen (secondary N) is 1. The maximum Gasteiger partial charge on any atom is 0.257 e. The van der Waals surface area contributed by atoms with E-state index < -0.39 is 0 Å². The quantitative estimate of drug-likeness (QED) is 0.596. The molecule has 3 rings (SSSR count). The molecule has 1 aliphatic heterocycles. The number of ether oxygens (including phenoxy) is 1. The van der Waals surface area contributed by atoms with Crippen LogP contribution in [0.15, 0.2) is 33.8 Å². The number of aryl methyl sites for hydroxylation is 1. The van der Waals surface area contributed by atoms with E-state index in [0.29, 0.717) is 18.4 Å². The van der Waals surface area contributed by atoms with Gasteiger partial charge in [0.2, 0.25) is 0 Å². The van der Waals surface area contributed by atoms with Gasteiger partial charge in [-0.05, 0) is 30.5 Å². The van der Waals surface area contributed by atoms with Gasteiger partial charge in [-0.3, -0.25) is 4.99 Å². The highest BCUT2D eigenvalue weighted by atomic mass is 16.5. The van der Waals surface area contributed by atoms with Crippen LogP contribution < -0.4 is 5.32 Å². The largest absolute Gasteiger partial charge is 0.384 e. The van der Waals surface area contributed by atoms with Gasteiger partial charge in [0.1, 0.15) is 0 Å². The van der Waals surface area contributed by atoms with Crippen molar-refractivity contribution in [3.05, 3.63) is 35.7 Å². The molecule has 1 aliphatic rings. The first-order valence-corrected chi connectivity index (χ1v) is 9.60. The summed E-state index contributed by atoms with van der Waals surface area (Å²) in [7, 11) is 3.59. The average molecular weight is 371 g/mol. The highest BCUT2D eigenvalue weighted by molar-refractivity contribution is 5.80. The summed E-state index contributed by atoms with van der Waals surface area (Å²) < 4.78 is 10.7. The van der Waals surface area contributed by atoms with E-state index in [-0.39, 0.29) is 0 Å². The first-order valence-electron chi connectivity index (χ1n) is 9.60. The number of aromatic nitrogens is 2. The molecular formula is C20H29N5O2. The minimum Gasteiger partial charge on any atom is -0.384 e. The van der Waals surface area contributed by atoms with Crippen LogP contribution in [0, 0.1) is 5.92 Å². The molecule has 0 bridgehead atoms. The molecule has 0 spiro atoms. The van der Waals surface area contributed by atoms with Gasteiger partial charge in [0.25, 0.3) is 5.89 Å². The van der Waals surface area contributed by atoms with Crippen molar-refractivity contribution >= 4 is 5.96 Å². The minimum absolute atomic E-state index is 0.576. The fraction of sp³-hybridized carbons (Fsp3) is 0.550. The fourth-order valence-corrected chi connectivity index (χ4v) is 3.42. The molecule has 146 valence electrons. The Balaban J connectivity index is 1.60. The number of hydrogen-bond acceptors (Lipinski definition) is 5. The normalized spacial score (nSPS) is 17.5. The number of aliphatic imine (C=N–C) groups is 1. The maximum atomic E-state index is 5.40. The second kappa shape index (κ2) is 9.50. The molecule has 7 nitrogen and oxygen atoms in total. The van der Waals surface area contributed by atoms with Crippen molar-refractivity contribution in [2.75, 3.05) is 33.9 Å². The Morgan fingerprint density at radius 1 is 1.44 bits per heavy atom. The van der Waals surface area contributed by atoms with Crippen LogP contribution in [0.2, 0.25) is 0 Å². The zero-order valence-electron chi connectivity index (χ0n) is 16.4. The number of methoxy groups -OCH3 is 1. The second-order valence-electron chi connectivity index (χ2n) is 6.92. The van der Waals surface area contributed by atoms with Crippen LogP contribution in [0.4, 0.5) is 0 Å². The summed E-state index contributed by atoms with van der Waals surface area (Å²) in [5, 5.41) is 7.50. The third kappa shape index (κ3) is 5.07. The Labute approximate surface area is 160 Å². The van der Waals surface area contributed by atoms with E-state index in [1.165, 1.54) is 0 Å². The number of benzene rings is 1. The molecule has 1 unspecified atom stereocenters. The molecule has 1 N–H and O–H groups in total. The van der Waals surface area contributed by atoms with Crippen molar-refractivity contribution in [3.63, 3.8) is 0 Å². The van der Waals surface area contributed by atoms with Crippen LogP contribution in [0.1, 0.15) is 31.2 Å². The van der Waals surface area contributed by atoms with Gasteiger partial charge >= 0.3 is 0 Å². The van der Waals surface area contributed by atoms with Crippen molar-refractivity contribution in [1.29, 1.82) is 0 Å². The summed E-state index contributed by atoms with van der Waals surface area (Å²) in [6.07, 6.45) is 2.98. The Kier molecular flexibility index (Phi) is 6.81. The molecular weight excluding hydrogens is 342 g/mol. The highest BCUT2D eigenvalue weighted by Crippen LogP contribution is 2.20. The van der Waals surface area contributed by atoms with E-state index in [9.17, 15) is 0 Å². The number of guanidine groups is 1. The maximum absolute atomic E-state index is 5.40. The van der Waals surface area contributed by atoms with Crippen LogP contribution in [0.25, 0.3) is 11.5 Å². The predicted octanol–water partition coefficient (Wildman–Crippen LogP) is 2.73.